The number of primary amides is 1. The highest BCUT2D eigenvalue weighted by Gasteiger charge is 2.22. The van der Waals surface area contributed by atoms with E-state index in [1.54, 1.807) is 11.3 Å². The fourth-order valence-corrected chi connectivity index (χ4v) is 3.41. The second-order valence-corrected chi connectivity index (χ2v) is 6.56. The molecule has 0 atom stereocenters. The number of carbonyl (C=O) groups is 1. The fraction of sp³-hybridized carbons (Fsp3) is 0.533. The highest BCUT2D eigenvalue weighted by Crippen LogP contribution is 2.22. The Labute approximate surface area is 133 Å². The minimum Gasteiger partial charge on any atom is -0.369 e. The number of thiophene rings is 1. The van der Waals surface area contributed by atoms with Crippen LogP contribution in [0.15, 0.2) is 22.0 Å². The van der Waals surface area contributed by atoms with Crippen molar-refractivity contribution in [3.05, 3.63) is 23.4 Å². The molecule has 2 aromatic rings. The summed E-state index contributed by atoms with van der Waals surface area (Å²) in [6, 6.07) is 3.97. The van der Waals surface area contributed by atoms with Crippen molar-refractivity contribution in [3.63, 3.8) is 0 Å². The van der Waals surface area contributed by atoms with Gasteiger partial charge in [0.25, 0.3) is 0 Å². The van der Waals surface area contributed by atoms with Crippen LogP contribution in [-0.2, 0) is 11.2 Å². The van der Waals surface area contributed by atoms with E-state index in [9.17, 15) is 4.79 Å². The summed E-state index contributed by atoms with van der Waals surface area (Å²) in [6.07, 6.45) is 3.51. The maximum atomic E-state index is 11.1. The monoisotopic (exact) mass is 320 g/mol. The van der Waals surface area contributed by atoms with Gasteiger partial charge in [0.2, 0.25) is 17.6 Å². The molecule has 0 radical (unpaired) electrons. The molecule has 1 saturated heterocycles. The lowest BCUT2D eigenvalue weighted by atomic mass is 9.96. The van der Waals surface area contributed by atoms with Gasteiger partial charge in [-0.3, -0.25) is 4.79 Å². The van der Waals surface area contributed by atoms with Gasteiger partial charge in [-0.2, -0.15) is 4.98 Å². The number of rotatable bonds is 6. The van der Waals surface area contributed by atoms with Gasteiger partial charge < -0.3 is 15.2 Å². The summed E-state index contributed by atoms with van der Waals surface area (Å²) in [5.41, 5.74) is 5.35. The third-order valence-corrected chi connectivity index (χ3v) is 4.93. The summed E-state index contributed by atoms with van der Waals surface area (Å²) >= 11 is 1.61. The van der Waals surface area contributed by atoms with Crippen molar-refractivity contribution in [3.8, 4) is 10.7 Å². The maximum absolute atomic E-state index is 11.1. The van der Waals surface area contributed by atoms with Crippen molar-refractivity contribution < 1.29 is 9.32 Å². The van der Waals surface area contributed by atoms with Gasteiger partial charge in [0.15, 0.2) is 0 Å². The summed E-state index contributed by atoms with van der Waals surface area (Å²) in [6.45, 7) is 2.87. The third-order valence-electron chi connectivity index (χ3n) is 4.06. The summed E-state index contributed by atoms with van der Waals surface area (Å²) < 4.78 is 5.29. The number of nitrogens with two attached hydrogens (primary N) is 1. The molecule has 0 spiro atoms. The van der Waals surface area contributed by atoms with Crippen LogP contribution < -0.4 is 5.73 Å². The molecule has 2 aromatic heterocycles. The minimum atomic E-state index is -0.161. The van der Waals surface area contributed by atoms with Crippen molar-refractivity contribution in [2.24, 2.45) is 11.7 Å². The van der Waals surface area contributed by atoms with E-state index in [2.05, 4.69) is 15.0 Å². The van der Waals surface area contributed by atoms with Gasteiger partial charge in [0.1, 0.15) is 0 Å². The average molecular weight is 320 g/mol. The number of hydrogen-bond donors (Lipinski definition) is 1. The molecule has 1 amide bonds. The first-order valence-electron chi connectivity index (χ1n) is 7.60. The first-order valence-corrected chi connectivity index (χ1v) is 8.48. The van der Waals surface area contributed by atoms with E-state index in [0.29, 0.717) is 11.7 Å². The molecular formula is C15H20N4O2S. The maximum Gasteiger partial charge on any atom is 0.227 e. The Kier molecular flexibility index (Phi) is 4.84. The largest absolute Gasteiger partial charge is 0.369 e. The molecule has 3 rings (SSSR count). The summed E-state index contributed by atoms with van der Waals surface area (Å²) in [5, 5.41) is 6.01. The molecule has 1 fully saturated rings. The Morgan fingerprint density at radius 3 is 2.95 bits per heavy atom. The van der Waals surface area contributed by atoms with Gasteiger partial charge >= 0.3 is 0 Å². The van der Waals surface area contributed by atoms with Gasteiger partial charge in [-0.1, -0.05) is 11.2 Å². The lowest BCUT2D eigenvalue weighted by molar-refractivity contribution is -0.123. The second-order valence-electron chi connectivity index (χ2n) is 5.61. The van der Waals surface area contributed by atoms with Gasteiger partial charge in [-0.05, 0) is 50.3 Å². The van der Waals surface area contributed by atoms with Crippen LogP contribution in [0.3, 0.4) is 0 Å². The van der Waals surface area contributed by atoms with Gasteiger partial charge in [-0.25, -0.2) is 0 Å². The Balaban J connectivity index is 1.41. The molecule has 0 saturated carbocycles. The standard InChI is InChI=1S/C15H20N4O2S/c16-14(20)11-5-8-19(9-6-11)7-1-4-13-17-15(18-21-13)12-3-2-10-22-12/h2-3,10-11H,1,4-9H2,(H2,16,20). The van der Waals surface area contributed by atoms with E-state index in [4.69, 9.17) is 10.3 Å². The Morgan fingerprint density at radius 1 is 1.45 bits per heavy atom. The van der Waals surface area contributed by atoms with Crippen LogP contribution in [0.5, 0.6) is 0 Å². The molecule has 2 N–H and O–H groups in total. The van der Waals surface area contributed by atoms with E-state index in [1.165, 1.54) is 0 Å². The van der Waals surface area contributed by atoms with E-state index < -0.39 is 0 Å². The van der Waals surface area contributed by atoms with E-state index in [0.717, 1.165) is 50.2 Å². The smallest absolute Gasteiger partial charge is 0.227 e. The molecule has 0 unspecified atom stereocenters. The highest BCUT2D eigenvalue weighted by molar-refractivity contribution is 7.13. The number of nitrogens with zero attached hydrogens (tertiary/aromatic N) is 3. The number of aryl methyl sites for hydroxylation is 1. The van der Waals surface area contributed by atoms with Crippen LogP contribution in [0.4, 0.5) is 0 Å². The lowest BCUT2D eigenvalue weighted by Gasteiger charge is -2.30. The molecule has 118 valence electrons. The first-order chi connectivity index (χ1) is 10.7. The SMILES string of the molecule is NC(=O)C1CCN(CCCc2nc(-c3cccs3)no2)CC1. The topological polar surface area (TPSA) is 85.3 Å². The quantitative estimate of drug-likeness (QED) is 0.879. The predicted octanol–water partition coefficient (Wildman–Crippen LogP) is 1.93. The molecule has 3 heterocycles. The molecular weight excluding hydrogens is 300 g/mol. The zero-order valence-corrected chi connectivity index (χ0v) is 13.2. The molecule has 0 bridgehead atoms. The van der Waals surface area contributed by atoms with Crippen LogP contribution in [0, 0.1) is 5.92 Å². The molecule has 0 aromatic carbocycles. The van der Waals surface area contributed by atoms with Crippen molar-refractivity contribution in [2.45, 2.75) is 25.7 Å². The summed E-state index contributed by atoms with van der Waals surface area (Å²) in [7, 11) is 0. The molecule has 22 heavy (non-hydrogen) atoms. The molecule has 0 aliphatic carbocycles. The molecule has 7 heteroatoms. The van der Waals surface area contributed by atoms with Gasteiger partial charge in [0.05, 0.1) is 4.88 Å². The minimum absolute atomic E-state index is 0.0561. The first kappa shape index (κ1) is 15.2. The van der Waals surface area contributed by atoms with Gasteiger partial charge in [0, 0.05) is 12.3 Å². The van der Waals surface area contributed by atoms with Crippen molar-refractivity contribution in [1.29, 1.82) is 0 Å². The van der Waals surface area contributed by atoms with Crippen LogP contribution in [0.1, 0.15) is 25.2 Å². The number of likely N-dealkylation sites (tertiary alicyclic amines) is 1. The number of carbonyl (C=O) groups excluding carboxylic acids is 1. The summed E-state index contributed by atoms with van der Waals surface area (Å²) in [5.74, 6) is 1.26. The zero-order valence-electron chi connectivity index (χ0n) is 12.4. The normalized spacial score (nSPS) is 16.9. The Hall–Kier alpha value is -1.73. The van der Waals surface area contributed by atoms with E-state index in [-0.39, 0.29) is 11.8 Å². The molecule has 6 nitrogen and oxygen atoms in total. The van der Waals surface area contributed by atoms with Crippen LogP contribution in [0.2, 0.25) is 0 Å². The number of hydrogen-bond acceptors (Lipinski definition) is 6. The van der Waals surface area contributed by atoms with Crippen LogP contribution >= 0.6 is 11.3 Å². The number of piperidine rings is 1. The molecule has 1 aliphatic rings. The van der Waals surface area contributed by atoms with E-state index in [1.807, 2.05) is 17.5 Å². The lowest BCUT2D eigenvalue weighted by Crippen LogP contribution is -2.39. The highest BCUT2D eigenvalue weighted by atomic mass is 32.1. The average Bonchev–Trinajstić information content (AvgIpc) is 3.19. The van der Waals surface area contributed by atoms with E-state index >= 15 is 0 Å². The van der Waals surface area contributed by atoms with Crippen LogP contribution in [-0.4, -0.2) is 40.6 Å². The molecule has 1 aliphatic heterocycles. The number of aromatic nitrogens is 2. The third kappa shape index (κ3) is 3.72. The van der Waals surface area contributed by atoms with Crippen LogP contribution in [0.25, 0.3) is 10.7 Å². The van der Waals surface area contributed by atoms with Crippen molar-refractivity contribution in [1.82, 2.24) is 15.0 Å². The van der Waals surface area contributed by atoms with Crippen molar-refractivity contribution in [2.75, 3.05) is 19.6 Å². The zero-order chi connectivity index (χ0) is 15.4. The number of amides is 1. The predicted molar refractivity (Wildman–Crippen MR) is 84.3 cm³/mol. The fourth-order valence-electron chi connectivity index (χ4n) is 2.76. The van der Waals surface area contributed by atoms with Gasteiger partial charge in [-0.15, -0.1) is 11.3 Å². The van der Waals surface area contributed by atoms with Crippen molar-refractivity contribution >= 4 is 17.2 Å². The summed E-state index contributed by atoms with van der Waals surface area (Å²) in [4.78, 5) is 19.0. The Bertz CT molecular complexity index is 603. The second kappa shape index (κ2) is 7.02. The Morgan fingerprint density at radius 2 is 2.27 bits per heavy atom.